The van der Waals surface area contributed by atoms with Crippen LogP contribution in [0, 0.1) is 5.82 Å². The molecule has 3 aromatic heterocycles. The van der Waals surface area contributed by atoms with Crippen LogP contribution >= 0.6 is 0 Å². The van der Waals surface area contributed by atoms with E-state index in [1.807, 2.05) is 0 Å². The van der Waals surface area contributed by atoms with Gasteiger partial charge in [-0.2, -0.15) is 13.2 Å². The molecule has 0 atom stereocenters. The molecule has 2 N–H and O–H groups in total. The quantitative estimate of drug-likeness (QED) is 0.366. The molecule has 1 aromatic carbocycles. The average Bonchev–Trinajstić information content (AvgIpc) is 3.53. The van der Waals surface area contributed by atoms with Crippen LogP contribution in [0.15, 0.2) is 55.1 Å². The highest BCUT2D eigenvalue weighted by Crippen LogP contribution is 2.29. The van der Waals surface area contributed by atoms with Gasteiger partial charge in [0.2, 0.25) is 0 Å². The van der Waals surface area contributed by atoms with E-state index in [0.717, 1.165) is 12.8 Å². The van der Waals surface area contributed by atoms with Crippen LogP contribution in [0.4, 0.5) is 23.4 Å². The molecule has 1 amide bonds. The number of rotatable bonds is 7. The first-order chi connectivity index (χ1) is 16.8. The minimum absolute atomic E-state index is 0.0527. The summed E-state index contributed by atoms with van der Waals surface area (Å²) in [7, 11) is 0. The Morgan fingerprint density at radius 1 is 1.11 bits per heavy atom. The summed E-state index contributed by atoms with van der Waals surface area (Å²) in [5, 5.41) is 5.48. The lowest BCUT2D eigenvalue weighted by Crippen LogP contribution is -2.26. The maximum Gasteiger partial charge on any atom is 0.390 e. The molecular weight excluding hydrogens is 464 g/mol. The molecule has 1 saturated carbocycles. The number of alkyl halides is 3. The summed E-state index contributed by atoms with van der Waals surface area (Å²) in [6, 6.07) is 7.80. The van der Waals surface area contributed by atoms with E-state index in [1.165, 1.54) is 18.3 Å². The SMILES string of the molecule is O=C(NC1CC1)c1ccc(-c2cnc3c(NCCC(F)(F)F)nc(-c4ccncc4)cn23)cc1F. The van der Waals surface area contributed by atoms with Crippen LogP contribution < -0.4 is 10.6 Å². The molecule has 0 aliphatic heterocycles. The monoisotopic (exact) mass is 484 g/mol. The number of carbonyl (C=O) groups is 1. The minimum atomic E-state index is -4.32. The second kappa shape index (κ2) is 8.97. The van der Waals surface area contributed by atoms with Gasteiger partial charge < -0.3 is 10.6 Å². The molecule has 0 unspecified atom stereocenters. The van der Waals surface area contributed by atoms with Crippen LogP contribution in [0.5, 0.6) is 0 Å². The molecule has 1 aliphatic carbocycles. The first-order valence-electron chi connectivity index (χ1n) is 11.0. The summed E-state index contributed by atoms with van der Waals surface area (Å²) in [6.07, 6.45) is 2.73. The van der Waals surface area contributed by atoms with Crippen LogP contribution in [-0.2, 0) is 0 Å². The Bertz CT molecular complexity index is 1380. The number of amides is 1. The van der Waals surface area contributed by atoms with Crippen molar-refractivity contribution in [2.24, 2.45) is 0 Å². The topological polar surface area (TPSA) is 84.2 Å². The number of fused-ring (bicyclic) bond motifs is 1. The van der Waals surface area contributed by atoms with Crippen LogP contribution in [0.3, 0.4) is 0 Å². The molecule has 4 aromatic rings. The number of halogens is 4. The highest BCUT2D eigenvalue weighted by molar-refractivity contribution is 5.95. The zero-order valence-electron chi connectivity index (χ0n) is 18.3. The van der Waals surface area contributed by atoms with Crippen molar-refractivity contribution in [3.8, 4) is 22.5 Å². The van der Waals surface area contributed by atoms with Gasteiger partial charge >= 0.3 is 6.18 Å². The summed E-state index contributed by atoms with van der Waals surface area (Å²) in [6.45, 7) is -0.381. The third-order valence-corrected chi connectivity index (χ3v) is 5.59. The molecule has 1 aliphatic rings. The normalized spacial score (nSPS) is 13.7. The fourth-order valence-corrected chi connectivity index (χ4v) is 3.65. The average molecular weight is 484 g/mol. The van der Waals surface area contributed by atoms with Gasteiger partial charge in [-0.1, -0.05) is 6.07 Å². The van der Waals surface area contributed by atoms with E-state index >= 15 is 0 Å². The molecular formula is C24H20F4N6O. The Balaban J connectivity index is 1.54. The minimum Gasteiger partial charge on any atom is -0.367 e. The summed E-state index contributed by atoms with van der Waals surface area (Å²) in [4.78, 5) is 25.0. The number of benzene rings is 1. The molecule has 11 heteroatoms. The van der Waals surface area contributed by atoms with Crippen molar-refractivity contribution in [1.29, 1.82) is 0 Å². The van der Waals surface area contributed by atoms with Crippen molar-refractivity contribution < 1.29 is 22.4 Å². The molecule has 5 rings (SSSR count). The second-order valence-electron chi connectivity index (χ2n) is 8.28. The number of hydrogen-bond donors (Lipinski definition) is 2. The first kappa shape index (κ1) is 22.8. The maximum atomic E-state index is 14.8. The molecule has 0 radical (unpaired) electrons. The number of aromatic nitrogens is 4. The zero-order valence-corrected chi connectivity index (χ0v) is 18.3. The molecule has 3 heterocycles. The van der Waals surface area contributed by atoms with Gasteiger partial charge in [0.05, 0.1) is 29.6 Å². The largest absolute Gasteiger partial charge is 0.390 e. The predicted octanol–water partition coefficient (Wildman–Crippen LogP) is 4.85. The summed E-state index contributed by atoms with van der Waals surface area (Å²) < 4.78 is 54.5. The number of nitrogens with zero attached hydrogens (tertiary/aromatic N) is 4. The van der Waals surface area contributed by atoms with E-state index < -0.39 is 24.3 Å². The zero-order chi connectivity index (χ0) is 24.6. The van der Waals surface area contributed by atoms with Crippen molar-refractivity contribution in [2.75, 3.05) is 11.9 Å². The van der Waals surface area contributed by atoms with E-state index in [0.29, 0.717) is 22.5 Å². The Morgan fingerprint density at radius 2 is 1.89 bits per heavy atom. The van der Waals surface area contributed by atoms with Crippen LogP contribution in [0.25, 0.3) is 28.2 Å². The summed E-state index contributed by atoms with van der Waals surface area (Å²) >= 11 is 0. The van der Waals surface area contributed by atoms with Gasteiger partial charge in [0, 0.05) is 42.3 Å². The molecule has 1 fully saturated rings. The number of nitrogens with one attached hydrogen (secondary N) is 2. The molecule has 180 valence electrons. The first-order valence-corrected chi connectivity index (χ1v) is 11.0. The standard InChI is InChI=1S/C24H20F4N6O/c25-18-11-15(1-4-17(18)23(35)32-16-2-3-16)20-12-31-22-21(30-10-7-24(26,27)28)33-19(13-34(20)22)14-5-8-29-9-6-14/h1,4-6,8-9,11-13,16H,2-3,7,10H2,(H,30,33)(H,32,35). The highest BCUT2D eigenvalue weighted by atomic mass is 19.4. The van der Waals surface area contributed by atoms with Gasteiger partial charge in [0.15, 0.2) is 11.5 Å². The third kappa shape index (κ3) is 5.08. The molecule has 0 spiro atoms. The van der Waals surface area contributed by atoms with Gasteiger partial charge in [-0.15, -0.1) is 0 Å². The van der Waals surface area contributed by atoms with E-state index in [-0.39, 0.29) is 29.6 Å². The van der Waals surface area contributed by atoms with Gasteiger partial charge in [0.1, 0.15) is 5.82 Å². The van der Waals surface area contributed by atoms with E-state index in [2.05, 4.69) is 25.6 Å². The lowest BCUT2D eigenvalue weighted by molar-refractivity contribution is -0.131. The molecule has 0 bridgehead atoms. The number of pyridine rings is 1. The Kier molecular flexibility index (Phi) is 5.83. The van der Waals surface area contributed by atoms with Crippen LogP contribution in [0.1, 0.15) is 29.6 Å². The highest BCUT2D eigenvalue weighted by Gasteiger charge is 2.27. The third-order valence-electron chi connectivity index (χ3n) is 5.59. The predicted molar refractivity (Wildman–Crippen MR) is 121 cm³/mol. The lowest BCUT2D eigenvalue weighted by Gasteiger charge is -2.12. The number of imidazole rings is 1. The summed E-state index contributed by atoms with van der Waals surface area (Å²) in [5.41, 5.74) is 2.34. The number of hydrogen-bond acceptors (Lipinski definition) is 5. The van der Waals surface area contributed by atoms with Gasteiger partial charge in [-0.05, 0) is 37.1 Å². The Hall–Kier alpha value is -4.02. The lowest BCUT2D eigenvalue weighted by atomic mass is 10.1. The van der Waals surface area contributed by atoms with Crippen molar-refractivity contribution in [3.63, 3.8) is 0 Å². The molecule has 35 heavy (non-hydrogen) atoms. The fraction of sp³-hybridized carbons (Fsp3) is 0.250. The van der Waals surface area contributed by atoms with Gasteiger partial charge in [-0.3, -0.25) is 14.2 Å². The van der Waals surface area contributed by atoms with Gasteiger partial charge in [0.25, 0.3) is 5.91 Å². The van der Waals surface area contributed by atoms with E-state index in [1.54, 1.807) is 41.2 Å². The van der Waals surface area contributed by atoms with Crippen molar-refractivity contribution in [2.45, 2.75) is 31.5 Å². The van der Waals surface area contributed by atoms with Crippen LogP contribution in [-0.4, -0.2) is 44.0 Å². The Labute approximate surface area is 197 Å². The molecule has 0 saturated heterocycles. The fourth-order valence-electron chi connectivity index (χ4n) is 3.65. The van der Waals surface area contributed by atoms with Crippen LogP contribution in [0.2, 0.25) is 0 Å². The van der Waals surface area contributed by atoms with E-state index in [9.17, 15) is 22.4 Å². The van der Waals surface area contributed by atoms with E-state index in [4.69, 9.17) is 0 Å². The summed E-state index contributed by atoms with van der Waals surface area (Å²) in [5.74, 6) is -0.978. The molecule has 7 nitrogen and oxygen atoms in total. The number of anilines is 1. The van der Waals surface area contributed by atoms with Gasteiger partial charge in [-0.25, -0.2) is 14.4 Å². The van der Waals surface area contributed by atoms with Crippen molar-refractivity contribution in [1.82, 2.24) is 24.7 Å². The smallest absolute Gasteiger partial charge is 0.367 e. The van der Waals surface area contributed by atoms with Crippen molar-refractivity contribution in [3.05, 3.63) is 66.5 Å². The maximum absolute atomic E-state index is 14.8. The second-order valence-corrected chi connectivity index (χ2v) is 8.28. The van der Waals surface area contributed by atoms with Crippen molar-refractivity contribution >= 4 is 17.4 Å². The number of carbonyl (C=O) groups excluding carboxylic acids is 1. The Morgan fingerprint density at radius 3 is 2.57 bits per heavy atom.